The van der Waals surface area contributed by atoms with Gasteiger partial charge in [-0.15, -0.1) is 0 Å². The molecule has 3 aromatic rings. The Labute approximate surface area is 109 Å². The van der Waals surface area contributed by atoms with Crippen molar-refractivity contribution in [2.45, 2.75) is 6.92 Å². The SMILES string of the molecule is Cc1cccc(-n2cnc3c(C(=O)O)cccc32)c1. The summed E-state index contributed by atoms with van der Waals surface area (Å²) in [6.45, 7) is 2.02. The fraction of sp³-hybridized carbons (Fsp3) is 0.0667. The van der Waals surface area contributed by atoms with Crippen LogP contribution in [0.4, 0.5) is 0 Å². The van der Waals surface area contributed by atoms with Crippen LogP contribution < -0.4 is 0 Å². The Morgan fingerprint density at radius 1 is 1.21 bits per heavy atom. The number of aromatic nitrogens is 2. The van der Waals surface area contributed by atoms with Crippen molar-refractivity contribution >= 4 is 17.0 Å². The van der Waals surface area contributed by atoms with Gasteiger partial charge < -0.3 is 5.11 Å². The second kappa shape index (κ2) is 4.24. The topological polar surface area (TPSA) is 55.1 Å². The molecule has 0 aliphatic heterocycles. The van der Waals surface area contributed by atoms with Crippen LogP contribution in [-0.2, 0) is 0 Å². The standard InChI is InChI=1S/C15H12N2O2/c1-10-4-2-5-11(8-10)17-9-16-14-12(15(18)19)6-3-7-13(14)17/h2-9H,1H3,(H,18,19). The van der Waals surface area contributed by atoms with Gasteiger partial charge in [-0.2, -0.15) is 0 Å². The molecule has 0 atom stereocenters. The maximum absolute atomic E-state index is 11.2. The Hall–Kier alpha value is -2.62. The molecule has 3 rings (SSSR count). The number of benzene rings is 2. The monoisotopic (exact) mass is 252 g/mol. The largest absolute Gasteiger partial charge is 0.478 e. The number of aromatic carboxylic acids is 1. The Morgan fingerprint density at radius 2 is 2.00 bits per heavy atom. The summed E-state index contributed by atoms with van der Waals surface area (Å²) in [7, 11) is 0. The molecule has 2 aromatic carbocycles. The molecule has 1 aromatic heterocycles. The third kappa shape index (κ3) is 1.87. The van der Waals surface area contributed by atoms with Crippen molar-refractivity contribution in [2.75, 3.05) is 0 Å². The first kappa shape index (κ1) is 11.5. The van der Waals surface area contributed by atoms with Crippen LogP contribution >= 0.6 is 0 Å². The van der Waals surface area contributed by atoms with E-state index in [0.29, 0.717) is 5.52 Å². The summed E-state index contributed by atoms with van der Waals surface area (Å²) in [6.07, 6.45) is 1.66. The van der Waals surface area contributed by atoms with Gasteiger partial charge in [-0.25, -0.2) is 9.78 Å². The van der Waals surface area contributed by atoms with E-state index in [0.717, 1.165) is 16.8 Å². The summed E-state index contributed by atoms with van der Waals surface area (Å²) in [4.78, 5) is 15.4. The molecule has 0 aliphatic rings. The van der Waals surface area contributed by atoms with Crippen molar-refractivity contribution in [2.24, 2.45) is 0 Å². The van der Waals surface area contributed by atoms with E-state index in [1.165, 1.54) is 0 Å². The van der Waals surface area contributed by atoms with Crippen LogP contribution in [0.2, 0.25) is 0 Å². The lowest BCUT2D eigenvalue weighted by molar-refractivity contribution is 0.0699. The minimum Gasteiger partial charge on any atom is -0.478 e. The highest BCUT2D eigenvalue weighted by Crippen LogP contribution is 2.21. The molecule has 0 aliphatic carbocycles. The van der Waals surface area contributed by atoms with E-state index in [4.69, 9.17) is 5.11 Å². The molecule has 4 nitrogen and oxygen atoms in total. The predicted molar refractivity (Wildman–Crippen MR) is 72.8 cm³/mol. The molecular formula is C15H12N2O2. The number of rotatable bonds is 2. The Balaban J connectivity index is 2.27. The fourth-order valence-corrected chi connectivity index (χ4v) is 2.20. The van der Waals surface area contributed by atoms with Crippen LogP contribution in [0.1, 0.15) is 15.9 Å². The lowest BCUT2D eigenvalue weighted by Crippen LogP contribution is -1.98. The van der Waals surface area contributed by atoms with Crippen LogP contribution in [0.15, 0.2) is 48.8 Å². The Morgan fingerprint density at radius 3 is 2.74 bits per heavy atom. The van der Waals surface area contributed by atoms with Crippen LogP contribution in [-0.4, -0.2) is 20.6 Å². The summed E-state index contributed by atoms with van der Waals surface area (Å²) in [5.74, 6) is -0.958. The first-order chi connectivity index (χ1) is 9.16. The molecule has 1 N–H and O–H groups in total. The van der Waals surface area contributed by atoms with Crippen LogP contribution in [0.25, 0.3) is 16.7 Å². The maximum atomic E-state index is 11.2. The molecule has 4 heteroatoms. The molecule has 0 saturated heterocycles. The normalized spacial score (nSPS) is 10.8. The number of nitrogens with zero attached hydrogens (tertiary/aromatic N) is 2. The minimum atomic E-state index is -0.958. The molecule has 0 radical (unpaired) electrons. The maximum Gasteiger partial charge on any atom is 0.337 e. The summed E-state index contributed by atoms with van der Waals surface area (Å²) < 4.78 is 1.90. The number of aryl methyl sites for hydroxylation is 1. The van der Waals surface area contributed by atoms with E-state index in [1.54, 1.807) is 18.5 Å². The quantitative estimate of drug-likeness (QED) is 0.762. The molecular weight excluding hydrogens is 240 g/mol. The predicted octanol–water partition coefficient (Wildman–Crippen LogP) is 3.03. The summed E-state index contributed by atoms with van der Waals surface area (Å²) in [6, 6.07) is 13.2. The number of carboxylic acids is 1. The minimum absolute atomic E-state index is 0.226. The van der Waals surface area contributed by atoms with Gasteiger partial charge in [-0.05, 0) is 36.8 Å². The Bertz CT molecular complexity index is 775. The van der Waals surface area contributed by atoms with Crippen molar-refractivity contribution < 1.29 is 9.90 Å². The smallest absolute Gasteiger partial charge is 0.337 e. The summed E-state index contributed by atoms with van der Waals surface area (Å²) >= 11 is 0. The Kier molecular flexibility index (Phi) is 2.56. The number of para-hydroxylation sites is 1. The first-order valence-corrected chi connectivity index (χ1v) is 5.93. The van der Waals surface area contributed by atoms with Crippen molar-refractivity contribution in [3.63, 3.8) is 0 Å². The zero-order chi connectivity index (χ0) is 13.4. The molecule has 94 valence electrons. The third-order valence-electron chi connectivity index (χ3n) is 3.09. The highest BCUT2D eigenvalue weighted by molar-refractivity contribution is 6.01. The van der Waals surface area contributed by atoms with E-state index in [9.17, 15) is 4.79 Å². The molecule has 0 unspecified atom stereocenters. The van der Waals surface area contributed by atoms with Gasteiger partial charge in [0, 0.05) is 5.69 Å². The number of hydrogen-bond donors (Lipinski definition) is 1. The van der Waals surface area contributed by atoms with Crippen molar-refractivity contribution in [3.05, 3.63) is 59.9 Å². The second-order valence-electron chi connectivity index (χ2n) is 4.43. The number of carbonyl (C=O) groups is 1. The zero-order valence-corrected chi connectivity index (χ0v) is 10.4. The molecule has 0 amide bonds. The lowest BCUT2D eigenvalue weighted by atomic mass is 10.1. The first-order valence-electron chi connectivity index (χ1n) is 5.93. The average Bonchev–Trinajstić information content (AvgIpc) is 2.82. The molecule has 0 bridgehead atoms. The van der Waals surface area contributed by atoms with Crippen molar-refractivity contribution in [3.8, 4) is 5.69 Å². The van der Waals surface area contributed by atoms with Gasteiger partial charge in [0.2, 0.25) is 0 Å². The number of imidazole rings is 1. The van der Waals surface area contributed by atoms with Gasteiger partial charge in [0.15, 0.2) is 0 Å². The van der Waals surface area contributed by atoms with Gasteiger partial charge in [0.25, 0.3) is 0 Å². The second-order valence-corrected chi connectivity index (χ2v) is 4.43. The average molecular weight is 252 g/mol. The molecule has 1 heterocycles. The number of carboxylic acid groups (broad SMARTS) is 1. The van der Waals surface area contributed by atoms with Gasteiger partial charge >= 0.3 is 5.97 Å². The van der Waals surface area contributed by atoms with Crippen molar-refractivity contribution in [1.82, 2.24) is 9.55 Å². The van der Waals surface area contributed by atoms with E-state index in [2.05, 4.69) is 4.98 Å². The molecule has 19 heavy (non-hydrogen) atoms. The van der Waals surface area contributed by atoms with Gasteiger partial charge in [0.1, 0.15) is 11.8 Å². The highest BCUT2D eigenvalue weighted by atomic mass is 16.4. The number of hydrogen-bond acceptors (Lipinski definition) is 2. The van der Waals surface area contributed by atoms with Gasteiger partial charge in [-0.1, -0.05) is 18.2 Å². The van der Waals surface area contributed by atoms with Gasteiger partial charge in [0.05, 0.1) is 11.1 Å². The van der Waals surface area contributed by atoms with Crippen LogP contribution in [0, 0.1) is 6.92 Å². The van der Waals surface area contributed by atoms with Gasteiger partial charge in [-0.3, -0.25) is 4.57 Å². The van der Waals surface area contributed by atoms with E-state index in [-0.39, 0.29) is 5.56 Å². The molecule has 0 fully saturated rings. The van der Waals surface area contributed by atoms with E-state index in [1.807, 2.05) is 41.8 Å². The highest BCUT2D eigenvalue weighted by Gasteiger charge is 2.12. The molecule has 0 saturated carbocycles. The lowest BCUT2D eigenvalue weighted by Gasteiger charge is -2.05. The van der Waals surface area contributed by atoms with E-state index >= 15 is 0 Å². The molecule has 0 spiro atoms. The van der Waals surface area contributed by atoms with E-state index < -0.39 is 5.97 Å². The fourth-order valence-electron chi connectivity index (χ4n) is 2.20. The van der Waals surface area contributed by atoms with Crippen molar-refractivity contribution in [1.29, 1.82) is 0 Å². The van der Waals surface area contributed by atoms with Crippen LogP contribution in [0.3, 0.4) is 0 Å². The summed E-state index contributed by atoms with van der Waals surface area (Å²) in [5.41, 5.74) is 3.66. The zero-order valence-electron chi connectivity index (χ0n) is 10.4. The third-order valence-corrected chi connectivity index (χ3v) is 3.09. The van der Waals surface area contributed by atoms with Crippen LogP contribution in [0.5, 0.6) is 0 Å². The summed E-state index contributed by atoms with van der Waals surface area (Å²) in [5, 5.41) is 9.16. The number of fused-ring (bicyclic) bond motifs is 1.